The highest BCUT2D eigenvalue weighted by Gasteiger charge is 2.22. The Bertz CT molecular complexity index is 605. The second kappa shape index (κ2) is 5.80. The number of carboxylic acids is 1. The molecule has 0 unspecified atom stereocenters. The lowest BCUT2D eigenvalue weighted by Crippen LogP contribution is -2.20. The molecule has 1 aromatic carbocycles. The maximum atomic E-state index is 11.8. The average molecular weight is 299 g/mol. The molecule has 2 rings (SSSR count). The number of rotatable bonds is 5. The normalized spacial score (nSPS) is 16.2. The lowest BCUT2D eigenvalue weighted by Gasteiger charge is -2.16. The Hall–Kier alpha value is -1.60. The summed E-state index contributed by atoms with van der Waals surface area (Å²) in [6.07, 6.45) is 3.77. The van der Waals surface area contributed by atoms with Crippen molar-refractivity contribution >= 4 is 16.0 Å². The van der Waals surface area contributed by atoms with Gasteiger partial charge in [0.1, 0.15) is 11.3 Å². The zero-order valence-electron chi connectivity index (χ0n) is 11.1. The molecular weight excluding hydrogens is 282 g/mol. The summed E-state index contributed by atoms with van der Waals surface area (Å²) >= 11 is 0. The maximum Gasteiger partial charge on any atom is 0.339 e. The van der Waals surface area contributed by atoms with Crippen LogP contribution in [0.2, 0.25) is 0 Å². The van der Waals surface area contributed by atoms with Gasteiger partial charge in [0.25, 0.3) is 0 Å². The molecule has 0 radical (unpaired) electrons. The van der Waals surface area contributed by atoms with Crippen molar-refractivity contribution in [3.05, 3.63) is 23.8 Å². The first kappa shape index (κ1) is 14.8. The number of nitrogens with one attached hydrogen (secondary N) is 1. The maximum absolute atomic E-state index is 11.8. The Balaban J connectivity index is 2.39. The van der Waals surface area contributed by atoms with Crippen molar-refractivity contribution in [2.45, 2.75) is 36.7 Å². The summed E-state index contributed by atoms with van der Waals surface area (Å²) in [6.45, 7) is 0. The third kappa shape index (κ3) is 3.10. The van der Waals surface area contributed by atoms with Gasteiger partial charge >= 0.3 is 5.97 Å². The Morgan fingerprint density at radius 2 is 2.00 bits per heavy atom. The molecule has 0 atom stereocenters. The molecule has 1 saturated carbocycles. The highest BCUT2D eigenvalue weighted by Crippen LogP contribution is 2.29. The smallest absolute Gasteiger partial charge is 0.339 e. The Morgan fingerprint density at radius 1 is 1.35 bits per heavy atom. The molecule has 1 fully saturated rings. The van der Waals surface area contributed by atoms with E-state index in [1.807, 2.05) is 0 Å². The molecule has 7 heteroatoms. The minimum Gasteiger partial charge on any atom is -0.489 e. The second-order valence-corrected chi connectivity index (χ2v) is 6.58. The van der Waals surface area contributed by atoms with Crippen LogP contribution < -0.4 is 9.46 Å². The SMILES string of the molecule is CNS(=O)(=O)c1ccc(C(=O)O)c(OC2CCCC2)c1. The standard InChI is InChI=1S/C13H17NO5S/c1-14-20(17,18)10-6-7-11(13(15)16)12(8-10)19-9-4-2-3-5-9/h6-9,14H,2-5H2,1H3,(H,15,16). The number of aromatic carboxylic acids is 1. The monoisotopic (exact) mass is 299 g/mol. The third-order valence-electron chi connectivity index (χ3n) is 3.36. The molecule has 0 aromatic heterocycles. The fraction of sp³-hybridized carbons (Fsp3) is 0.462. The van der Waals surface area contributed by atoms with E-state index in [-0.39, 0.29) is 22.3 Å². The van der Waals surface area contributed by atoms with Gasteiger partial charge in [0.05, 0.1) is 11.0 Å². The van der Waals surface area contributed by atoms with Crippen molar-refractivity contribution in [3.63, 3.8) is 0 Å². The van der Waals surface area contributed by atoms with E-state index >= 15 is 0 Å². The molecule has 0 bridgehead atoms. The van der Waals surface area contributed by atoms with Crippen molar-refractivity contribution in [1.82, 2.24) is 4.72 Å². The zero-order valence-corrected chi connectivity index (χ0v) is 11.9. The van der Waals surface area contributed by atoms with E-state index in [9.17, 15) is 13.2 Å². The molecule has 1 aliphatic carbocycles. The first-order chi connectivity index (χ1) is 9.44. The second-order valence-electron chi connectivity index (χ2n) is 4.69. The van der Waals surface area contributed by atoms with Gasteiger partial charge in [-0.05, 0) is 44.9 Å². The number of hydrogen-bond donors (Lipinski definition) is 2. The molecule has 2 N–H and O–H groups in total. The van der Waals surface area contributed by atoms with Gasteiger partial charge in [-0.1, -0.05) is 0 Å². The number of hydrogen-bond acceptors (Lipinski definition) is 4. The largest absolute Gasteiger partial charge is 0.489 e. The van der Waals surface area contributed by atoms with E-state index in [4.69, 9.17) is 9.84 Å². The summed E-state index contributed by atoms with van der Waals surface area (Å²) in [5.41, 5.74) is -0.0213. The fourth-order valence-electron chi connectivity index (χ4n) is 2.25. The molecule has 1 aromatic rings. The predicted octanol–water partition coefficient (Wildman–Crippen LogP) is 1.61. The van der Waals surface area contributed by atoms with Crippen molar-refractivity contribution in [2.75, 3.05) is 7.05 Å². The first-order valence-electron chi connectivity index (χ1n) is 6.41. The van der Waals surface area contributed by atoms with Crippen LogP contribution in [0.5, 0.6) is 5.75 Å². The summed E-state index contributed by atoms with van der Waals surface area (Å²) in [7, 11) is -2.32. The Morgan fingerprint density at radius 3 is 2.55 bits per heavy atom. The third-order valence-corrected chi connectivity index (χ3v) is 4.77. The summed E-state index contributed by atoms with van der Waals surface area (Å²) in [5, 5.41) is 9.15. The van der Waals surface area contributed by atoms with Gasteiger partial charge in [-0.2, -0.15) is 0 Å². The van der Waals surface area contributed by atoms with Crippen LogP contribution in [0.1, 0.15) is 36.0 Å². The average Bonchev–Trinajstić information content (AvgIpc) is 2.91. The van der Waals surface area contributed by atoms with E-state index in [0.29, 0.717) is 0 Å². The summed E-state index contributed by atoms with van der Waals surface area (Å²) in [6, 6.07) is 3.79. The molecule has 0 saturated heterocycles. The van der Waals surface area contributed by atoms with Crippen molar-refractivity contribution in [3.8, 4) is 5.75 Å². The minimum atomic E-state index is -3.62. The van der Waals surface area contributed by atoms with Crippen LogP contribution >= 0.6 is 0 Å². The quantitative estimate of drug-likeness (QED) is 0.861. The lowest BCUT2D eigenvalue weighted by atomic mass is 10.2. The molecule has 6 nitrogen and oxygen atoms in total. The van der Waals surface area contributed by atoms with E-state index in [2.05, 4.69) is 4.72 Å². The minimum absolute atomic E-state index is 0.00185. The topological polar surface area (TPSA) is 92.7 Å². The van der Waals surface area contributed by atoms with Crippen LogP contribution in [0.3, 0.4) is 0 Å². The van der Waals surface area contributed by atoms with E-state index in [1.165, 1.54) is 25.2 Å². The van der Waals surface area contributed by atoms with Crippen LogP contribution in [0.25, 0.3) is 0 Å². The van der Waals surface area contributed by atoms with E-state index < -0.39 is 16.0 Å². The van der Waals surface area contributed by atoms with Crippen LogP contribution in [-0.2, 0) is 10.0 Å². The molecule has 20 heavy (non-hydrogen) atoms. The van der Waals surface area contributed by atoms with Crippen molar-refractivity contribution in [2.24, 2.45) is 0 Å². The molecule has 0 spiro atoms. The summed E-state index contributed by atoms with van der Waals surface area (Å²) in [4.78, 5) is 11.2. The van der Waals surface area contributed by atoms with Crippen LogP contribution in [0.15, 0.2) is 23.1 Å². The molecule has 1 aliphatic rings. The number of ether oxygens (including phenoxy) is 1. The van der Waals surface area contributed by atoms with Crippen molar-refractivity contribution < 1.29 is 23.1 Å². The van der Waals surface area contributed by atoms with Gasteiger partial charge in [-0.15, -0.1) is 0 Å². The highest BCUT2D eigenvalue weighted by molar-refractivity contribution is 7.89. The van der Waals surface area contributed by atoms with E-state index in [0.717, 1.165) is 25.7 Å². The molecule has 0 amide bonds. The first-order valence-corrected chi connectivity index (χ1v) is 7.90. The van der Waals surface area contributed by atoms with Crippen molar-refractivity contribution in [1.29, 1.82) is 0 Å². The van der Waals surface area contributed by atoms with Gasteiger partial charge in [-0.3, -0.25) is 0 Å². The fourth-order valence-corrected chi connectivity index (χ4v) is 2.99. The molecule has 0 aliphatic heterocycles. The highest BCUT2D eigenvalue weighted by atomic mass is 32.2. The molecule has 110 valence electrons. The summed E-state index contributed by atoms with van der Waals surface area (Å²) < 4.78 is 31.4. The van der Waals surface area contributed by atoms with Crippen LogP contribution in [0.4, 0.5) is 0 Å². The number of carbonyl (C=O) groups is 1. The van der Waals surface area contributed by atoms with Crippen LogP contribution in [-0.4, -0.2) is 32.6 Å². The Kier molecular flexibility index (Phi) is 4.29. The van der Waals surface area contributed by atoms with Gasteiger partial charge in [0.2, 0.25) is 10.0 Å². The predicted molar refractivity (Wildman–Crippen MR) is 72.5 cm³/mol. The lowest BCUT2D eigenvalue weighted by molar-refractivity contribution is 0.0689. The zero-order chi connectivity index (χ0) is 14.8. The summed E-state index contributed by atoms with van der Waals surface area (Å²) in [5.74, 6) is -1.02. The van der Waals surface area contributed by atoms with Gasteiger partial charge in [0, 0.05) is 6.07 Å². The molecular formula is C13H17NO5S. The molecule has 0 heterocycles. The Labute approximate surface area is 117 Å². The van der Waals surface area contributed by atoms with Gasteiger partial charge < -0.3 is 9.84 Å². The number of sulfonamides is 1. The van der Waals surface area contributed by atoms with Crippen LogP contribution in [0, 0.1) is 0 Å². The van der Waals surface area contributed by atoms with Gasteiger partial charge in [-0.25, -0.2) is 17.9 Å². The van der Waals surface area contributed by atoms with E-state index in [1.54, 1.807) is 0 Å². The number of carboxylic acid groups (broad SMARTS) is 1. The number of benzene rings is 1. The van der Waals surface area contributed by atoms with Gasteiger partial charge in [0.15, 0.2) is 0 Å².